The van der Waals surface area contributed by atoms with Gasteiger partial charge in [-0.15, -0.1) is 0 Å². The lowest BCUT2D eigenvalue weighted by Crippen LogP contribution is -2.42. The summed E-state index contributed by atoms with van der Waals surface area (Å²) in [5, 5.41) is 0. The molecular formula is C10H21BO3. The molecule has 0 radical (unpaired) electrons. The minimum atomic E-state index is -0.198. The Hall–Kier alpha value is -0.0551. The first-order chi connectivity index (χ1) is 6.62. The predicted molar refractivity (Wildman–Crippen MR) is 58.2 cm³/mol. The van der Waals surface area contributed by atoms with E-state index in [2.05, 4.69) is 20.7 Å². The fraction of sp³-hybridized carbons (Fsp3) is 1.00. The van der Waals surface area contributed by atoms with E-state index >= 15 is 0 Å². The van der Waals surface area contributed by atoms with Crippen LogP contribution in [0.3, 0.4) is 0 Å². The standard InChI is InChI=1S/C10H21BO3/c1-6-10(2)8(13-5)7(12-4)9(11-3)14-10/h7-9,11H,6H2,1-5H3/t7?,8?,9?,10-/m0/s1. The fourth-order valence-electron chi connectivity index (χ4n) is 2.28. The molecule has 1 rings (SSSR count). The van der Waals surface area contributed by atoms with E-state index < -0.39 is 0 Å². The molecule has 0 aliphatic carbocycles. The van der Waals surface area contributed by atoms with Crippen molar-refractivity contribution < 1.29 is 14.2 Å². The summed E-state index contributed by atoms with van der Waals surface area (Å²) in [5.41, 5.74) is -0.198. The SMILES string of the molecule is CBC1O[C@@](C)(CC)C(OC)C1OC. The van der Waals surface area contributed by atoms with E-state index in [1.54, 1.807) is 14.2 Å². The molecular weight excluding hydrogens is 179 g/mol. The van der Waals surface area contributed by atoms with Crippen LogP contribution in [-0.2, 0) is 14.2 Å². The van der Waals surface area contributed by atoms with Gasteiger partial charge in [-0.2, -0.15) is 0 Å². The number of methoxy groups -OCH3 is 2. The third-order valence-electron chi connectivity index (χ3n) is 3.32. The van der Waals surface area contributed by atoms with Crippen molar-refractivity contribution in [3.63, 3.8) is 0 Å². The van der Waals surface area contributed by atoms with Gasteiger partial charge in [0.1, 0.15) is 12.2 Å². The molecule has 4 heteroatoms. The zero-order chi connectivity index (χ0) is 10.8. The smallest absolute Gasteiger partial charge is 0.158 e. The Morgan fingerprint density at radius 3 is 2.36 bits per heavy atom. The molecule has 1 aliphatic rings. The summed E-state index contributed by atoms with van der Waals surface area (Å²) in [6.45, 7) is 6.34. The maximum absolute atomic E-state index is 6.00. The van der Waals surface area contributed by atoms with Gasteiger partial charge in [0.2, 0.25) is 0 Å². The first-order valence-corrected chi connectivity index (χ1v) is 5.36. The lowest BCUT2D eigenvalue weighted by molar-refractivity contribution is -0.0783. The van der Waals surface area contributed by atoms with E-state index in [4.69, 9.17) is 14.2 Å². The highest BCUT2D eigenvalue weighted by Gasteiger charge is 2.51. The summed E-state index contributed by atoms with van der Waals surface area (Å²) in [6, 6.07) is 0.162. The summed E-state index contributed by atoms with van der Waals surface area (Å²) in [6.07, 6.45) is 1.05. The maximum atomic E-state index is 6.00. The second-order valence-electron chi connectivity index (χ2n) is 4.09. The summed E-state index contributed by atoms with van der Waals surface area (Å²) in [7, 11) is 4.42. The lowest BCUT2D eigenvalue weighted by Gasteiger charge is -2.29. The summed E-state index contributed by atoms with van der Waals surface area (Å²) < 4.78 is 17.0. The molecule has 4 atom stereocenters. The minimum Gasteiger partial charge on any atom is -0.377 e. The van der Waals surface area contributed by atoms with Gasteiger partial charge in [-0.1, -0.05) is 13.7 Å². The molecule has 3 unspecified atom stereocenters. The molecule has 0 aromatic heterocycles. The fourth-order valence-corrected chi connectivity index (χ4v) is 2.28. The second kappa shape index (κ2) is 4.64. The van der Waals surface area contributed by atoms with Crippen LogP contribution in [0.5, 0.6) is 0 Å². The van der Waals surface area contributed by atoms with E-state index in [1.165, 1.54) is 0 Å². The molecule has 1 heterocycles. The highest BCUT2D eigenvalue weighted by molar-refractivity contribution is 6.35. The molecule has 3 nitrogen and oxygen atoms in total. The van der Waals surface area contributed by atoms with Crippen LogP contribution < -0.4 is 0 Å². The Morgan fingerprint density at radius 1 is 1.36 bits per heavy atom. The molecule has 14 heavy (non-hydrogen) atoms. The monoisotopic (exact) mass is 200 g/mol. The van der Waals surface area contributed by atoms with Gasteiger partial charge in [0.05, 0.1) is 11.6 Å². The van der Waals surface area contributed by atoms with Crippen LogP contribution in [0.2, 0.25) is 6.82 Å². The molecule has 0 saturated carbocycles. The topological polar surface area (TPSA) is 27.7 Å². The van der Waals surface area contributed by atoms with Crippen molar-refractivity contribution in [2.24, 2.45) is 0 Å². The van der Waals surface area contributed by atoms with Crippen molar-refractivity contribution in [1.29, 1.82) is 0 Å². The van der Waals surface area contributed by atoms with Gasteiger partial charge in [-0.05, 0) is 13.3 Å². The number of rotatable bonds is 4. The van der Waals surface area contributed by atoms with Gasteiger partial charge in [-0.25, -0.2) is 0 Å². The van der Waals surface area contributed by atoms with Crippen molar-refractivity contribution in [2.45, 2.75) is 50.9 Å². The second-order valence-corrected chi connectivity index (χ2v) is 4.09. The van der Waals surface area contributed by atoms with Crippen molar-refractivity contribution >= 4 is 7.28 Å². The summed E-state index contributed by atoms with van der Waals surface area (Å²) >= 11 is 0. The average molecular weight is 200 g/mol. The molecule has 0 N–H and O–H groups in total. The maximum Gasteiger partial charge on any atom is 0.158 e. The van der Waals surface area contributed by atoms with Crippen molar-refractivity contribution in [3.8, 4) is 0 Å². The molecule has 0 spiro atoms. The van der Waals surface area contributed by atoms with Gasteiger partial charge >= 0.3 is 0 Å². The average Bonchev–Trinajstić information content (AvgIpc) is 2.50. The van der Waals surface area contributed by atoms with Gasteiger partial charge in [-0.3, -0.25) is 0 Å². The molecule has 1 saturated heterocycles. The van der Waals surface area contributed by atoms with Gasteiger partial charge in [0, 0.05) is 14.2 Å². The normalized spacial score (nSPS) is 42.8. The van der Waals surface area contributed by atoms with Crippen molar-refractivity contribution in [1.82, 2.24) is 0 Å². The zero-order valence-electron chi connectivity index (χ0n) is 9.87. The highest BCUT2D eigenvalue weighted by Crippen LogP contribution is 2.36. The third-order valence-corrected chi connectivity index (χ3v) is 3.32. The van der Waals surface area contributed by atoms with E-state index in [-0.39, 0.29) is 23.8 Å². The van der Waals surface area contributed by atoms with Gasteiger partial charge in [0.25, 0.3) is 0 Å². The van der Waals surface area contributed by atoms with E-state index in [0.29, 0.717) is 0 Å². The van der Waals surface area contributed by atoms with Crippen LogP contribution in [0.4, 0.5) is 0 Å². The zero-order valence-corrected chi connectivity index (χ0v) is 9.87. The number of hydrogen-bond donors (Lipinski definition) is 0. The van der Waals surface area contributed by atoms with Crippen LogP contribution in [0.1, 0.15) is 20.3 Å². The quantitative estimate of drug-likeness (QED) is 0.634. The Bertz CT molecular complexity index is 188. The predicted octanol–water partition coefficient (Wildman–Crippen LogP) is 1.03. The van der Waals surface area contributed by atoms with E-state index in [1.807, 2.05) is 0 Å². The van der Waals surface area contributed by atoms with Crippen LogP contribution in [0, 0.1) is 0 Å². The lowest BCUT2D eigenvalue weighted by atomic mass is 9.71. The summed E-state index contributed by atoms with van der Waals surface area (Å²) in [4.78, 5) is 0. The Balaban J connectivity index is 2.83. The van der Waals surface area contributed by atoms with E-state index in [0.717, 1.165) is 13.7 Å². The largest absolute Gasteiger partial charge is 0.377 e. The molecule has 0 amide bonds. The van der Waals surface area contributed by atoms with Crippen LogP contribution in [-0.4, -0.2) is 45.3 Å². The Labute approximate surface area is 87.3 Å². The molecule has 1 fully saturated rings. The van der Waals surface area contributed by atoms with Crippen molar-refractivity contribution in [2.75, 3.05) is 14.2 Å². The molecule has 0 aromatic rings. The molecule has 82 valence electrons. The minimum absolute atomic E-state index is 0.0439. The summed E-state index contributed by atoms with van der Waals surface area (Å²) in [5.74, 6) is 0. The van der Waals surface area contributed by atoms with Gasteiger partial charge < -0.3 is 14.2 Å². The van der Waals surface area contributed by atoms with Crippen LogP contribution >= 0.6 is 0 Å². The van der Waals surface area contributed by atoms with Crippen molar-refractivity contribution in [3.05, 3.63) is 0 Å². The van der Waals surface area contributed by atoms with Crippen LogP contribution in [0.15, 0.2) is 0 Å². The van der Waals surface area contributed by atoms with Gasteiger partial charge in [0.15, 0.2) is 7.28 Å². The van der Waals surface area contributed by atoms with E-state index in [9.17, 15) is 0 Å². The molecule has 1 aliphatic heterocycles. The van der Waals surface area contributed by atoms with Crippen LogP contribution in [0.25, 0.3) is 0 Å². The first-order valence-electron chi connectivity index (χ1n) is 5.36. The molecule has 0 aromatic carbocycles. The third kappa shape index (κ3) is 1.83. The number of ether oxygens (including phenoxy) is 3. The Kier molecular flexibility index (Phi) is 3.99. The Morgan fingerprint density at radius 2 is 2.00 bits per heavy atom. The highest BCUT2D eigenvalue weighted by atomic mass is 16.6. The molecule has 0 bridgehead atoms. The number of hydrogen-bond acceptors (Lipinski definition) is 3. The first kappa shape index (κ1) is 12.0.